The molecule has 0 aliphatic rings. The van der Waals surface area contributed by atoms with Crippen LogP contribution in [0.5, 0.6) is 0 Å². The maximum Gasteiger partial charge on any atom is 0.113 e. The van der Waals surface area contributed by atoms with Gasteiger partial charge in [-0.25, -0.2) is 0 Å². The molecule has 0 saturated heterocycles. The van der Waals surface area contributed by atoms with Crippen molar-refractivity contribution < 1.29 is 0 Å². The second-order valence-corrected chi connectivity index (χ2v) is 7.60. The molecule has 0 aliphatic carbocycles. The van der Waals surface area contributed by atoms with Crippen molar-refractivity contribution in [2.24, 2.45) is 0 Å². The smallest absolute Gasteiger partial charge is 0.113 e. The standard InChI is InChI=1S/C24H15BBrN/c25-18-8-12-23-21(14-18)22-15-19(26)9-13-24(22)27(23)20-10-6-17(7-11-20)16-4-2-1-3-5-16/h1-15H. The average molecular weight is 408 g/mol. The van der Waals surface area contributed by atoms with Gasteiger partial charge in [-0.15, -0.1) is 0 Å². The molecule has 5 aromatic rings. The van der Waals surface area contributed by atoms with Gasteiger partial charge in [-0.3, -0.25) is 0 Å². The van der Waals surface area contributed by atoms with Crippen LogP contribution in [0.3, 0.4) is 0 Å². The van der Waals surface area contributed by atoms with E-state index in [0.717, 1.165) is 21.1 Å². The lowest BCUT2D eigenvalue weighted by atomic mass is 9.94. The molecule has 0 unspecified atom stereocenters. The van der Waals surface area contributed by atoms with E-state index in [1.165, 1.54) is 27.4 Å². The SMILES string of the molecule is [B]c1ccc2c(c1)c1cc(Br)ccc1n2-c1ccc(-c2ccccc2)cc1. The van der Waals surface area contributed by atoms with Crippen molar-refractivity contribution in [1.29, 1.82) is 0 Å². The van der Waals surface area contributed by atoms with Crippen molar-refractivity contribution in [2.45, 2.75) is 0 Å². The number of fused-ring (bicyclic) bond motifs is 3. The molecule has 0 atom stereocenters. The van der Waals surface area contributed by atoms with Gasteiger partial charge in [-0.2, -0.15) is 0 Å². The zero-order valence-electron chi connectivity index (χ0n) is 14.6. The highest BCUT2D eigenvalue weighted by molar-refractivity contribution is 9.10. The molecule has 126 valence electrons. The first-order valence-electron chi connectivity index (χ1n) is 8.86. The van der Waals surface area contributed by atoms with Crippen molar-refractivity contribution in [3.63, 3.8) is 0 Å². The number of benzene rings is 4. The maximum absolute atomic E-state index is 6.06. The van der Waals surface area contributed by atoms with E-state index in [9.17, 15) is 0 Å². The molecule has 0 fully saturated rings. The molecule has 0 bridgehead atoms. The molecule has 3 heteroatoms. The molecule has 4 aromatic carbocycles. The molecule has 0 spiro atoms. The quantitative estimate of drug-likeness (QED) is 0.316. The van der Waals surface area contributed by atoms with E-state index in [0.29, 0.717) is 0 Å². The van der Waals surface area contributed by atoms with Gasteiger partial charge in [0.2, 0.25) is 0 Å². The van der Waals surface area contributed by atoms with Crippen molar-refractivity contribution in [1.82, 2.24) is 4.57 Å². The predicted octanol–water partition coefficient (Wildman–Crippen LogP) is 6.01. The fraction of sp³-hybridized carbons (Fsp3) is 0. The average Bonchev–Trinajstić information content (AvgIpc) is 3.02. The molecular formula is C24H15BBrN. The van der Waals surface area contributed by atoms with Gasteiger partial charge < -0.3 is 4.57 Å². The van der Waals surface area contributed by atoms with Crippen LogP contribution < -0.4 is 5.46 Å². The highest BCUT2D eigenvalue weighted by atomic mass is 79.9. The molecule has 0 saturated carbocycles. The second-order valence-electron chi connectivity index (χ2n) is 6.69. The van der Waals surface area contributed by atoms with Gasteiger partial charge in [-0.1, -0.05) is 76.0 Å². The Morgan fingerprint density at radius 1 is 0.630 bits per heavy atom. The Morgan fingerprint density at radius 3 is 2.00 bits per heavy atom. The Kier molecular flexibility index (Phi) is 3.91. The summed E-state index contributed by atoms with van der Waals surface area (Å²) in [5, 5.41) is 2.36. The van der Waals surface area contributed by atoms with Crippen LogP contribution in [0.2, 0.25) is 0 Å². The fourth-order valence-electron chi connectivity index (χ4n) is 3.72. The summed E-state index contributed by atoms with van der Waals surface area (Å²) in [6.07, 6.45) is 0. The molecule has 1 heterocycles. The molecule has 2 radical (unpaired) electrons. The van der Waals surface area contributed by atoms with Gasteiger partial charge in [0.05, 0.1) is 11.0 Å². The highest BCUT2D eigenvalue weighted by Gasteiger charge is 2.12. The first-order valence-corrected chi connectivity index (χ1v) is 9.65. The summed E-state index contributed by atoms with van der Waals surface area (Å²) in [4.78, 5) is 0. The van der Waals surface area contributed by atoms with E-state index in [-0.39, 0.29) is 0 Å². The van der Waals surface area contributed by atoms with E-state index < -0.39 is 0 Å². The van der Waals surface area contributed by atoms with Crippen LogP contribution in [0, 0.1) is 0 Å². The van der Waals surface area contributed by atoms with Crippen LogP contribution >= 0.6 is 15.9 Å². The Balaban J connectivity index is 1.74. The number of halogens is 1. The van der Waals surface area contributed by atoms with Crippen LogP contribution in [0.4, 0.5) is 0 Å². The molecule has 0 aliphatic heterocycles. The highest BCUT2D eigenvalue weighted by Crippen LogP contribution is 2.33. The van der Waals surface area contributed by atoms with Gasteiger partial charge in [-0.05, 0) is 47.5 Å². The molecule has 1 nitrogen and oxygen atoms in total. The Labute approximate surface area is 167 Å². The van der Waals surface area contributed by atoms with E-state index in [1.807, 2.05) is 12.1 Å². The summed E-state index contributed by atoms with van der Waals surface area (Å²) < 4.78 is 3.36. The van der Waals surface area contributed by atoms with Crippen molar-refractivity contribution in [3.8, 4) is 16.8 Å². The first-order chi connectivity index (χ1) is 13.2. The second kappa shape index (κ2) is 6.43. The summed E-state index contributed by atoms with van der Waals surface area (Å²) in [7, 11) is 6.06. The number of aromatic nitrogens is 1. The molecule has 5 rings (SSSR count). The number of hydrogen-bond donors (Lipinski definition) is 0. The third-order valence-electron chi connectivity index (χ3n) is 4.98. The largest absolute Gasteiger partial charge is 0.309 e. The lowest BCUT2D eigenvalue weighted by Crippen LogP contribution is -2.00. The van der Waals surface area contributed by atoms with Gasteiger partial charge in [0.15, 0.2) is 0 Å². The van der Waals surface area contributed by atoms with E-state index in [4.69, 9.17) is 7.85 Å². The maximum atomic E-state index is 6.06. The lowest BCUT2D eigenvalue weighted by molar-refractivity contribution is 1.18. The fourth-order valence-corrected chi connectivity index (χ4v) is 4.09. The van der Waals surface area contributed by atoms with Gasteiger partial charge in [0.1, 0.15) is 7.85 Å². The minimum Gasteiger partial charge on any atom is -0.309 e. The monoisotopic (exact) mass is 407 g/mol. The van der Waals surface area contributed by atoms with E-state index >= 15 is 0 Å². The first kappa shape index (κ1) is 16.4. The lowest BCUT2D eigenvalue weighted by Gasteiger charge is -2.09. The van der Waals surface area contributed by atoms with Crippen LogP contribution in [-0.4, -0.2) is 12.4 Å². The van der Waals surface area contributed by atoms with Gasteiger partial charge in [0.25, 0.3) is 0 Å². The van der Waals surface area contributed by atoms with Crippen LogP contribution in [0.25, 0.3) is 38.6 Å². The van der Waals surface area contributed by atoms with Gasteiger partial charge >= 0.3 is 0 Å². The van der Waals surface area contributed by atoms with Crippen LogP contribution in [0.1, 0.15) is 0 Å². The summed E-state index contributed by atoms with van der Waals surface area (Å²) in [5.41, 5.74) is 6.69. The summed E-state index contributed by atoms with van der Waals surface area (Å²) in [5.74, 6) is 0. The number of rotatable bonds is 2. The van der Waals surface area contributed by atoms with E-state index in [2.05, 4.69) is 99.4 Å². The van der Waals surface area contributed by atoms with Crippen LogP contribution in [0.15, 0.2) is 95.5 Å². The molecule has 1 aromatic heterocycles. The zero-order valence-corrected chi connectivity index (χ0v) is 16.1. The Hall–Kier alpha value is -2.78. The zero-order chi connectivity index (χ0) is 18.4. The molecule has 27 heavy (non-hydrogen) atoms. The number of hydrogen-bond acceptors (Lipinski definition) is 0. The summed E-state index contributed by atoms with van der Waals surface area (Å²) >= 11 is 3.60. The topological polar surface area (TPSA) is 4.93 Å². The third-order valence-corrected chi connectivity index (χ3v) is 5.48. The Bertz CT molecular complexity index is 1210. The predicted molar refractivity (Wildman–Crippen MR) is 119 cm³/mol. The number of nitrogens with zero attached hydrogens (tertiary/aromatic N) is 1. The minimum absolute atomic E-state index is 0.779. The van der Waals surface area contributed by atoms with Crippen molar-refractivity contribution in [2.75, 3.05) is 0 Å². The van der Waals surface area contributed by atoms with E-state index in [1.54, 1.807) is 0 Å². The third kappa shape index (κ3) is 2.79. The summed E-state index contributed by atoms with van der Waals surface area (Å²) in [6, 6.07) is 31.7. The summed E-state index contributed by atoms with van der Waals surface area (Å²) in [6.45, 7) is 0. The normalized spacial score (nSPS) is 11.3. The molecule has 0 amide bonds. The van der Waals surface area contributed by atoms with Crippen molar-refractivity contribution >= 4 is 51.0 Å². The van der Waals surface area contributed by atoms with Crippen molar-refractivity contribution in [3.05, 3.63) is 95.5 Å². The van der Waals surface area contributed by atoms with Crippen LogP contribution in [-0.2, 0) is 0 Å². The minimum atomic E-state index is 0.779. The molecular weight excluding hydrogens is 393 g/mol. The Morgan fingerprint density at radius 2 is 1.26 bits per heavy atom. The molecule has 0 N–H and O–H groups in total. The van der Waals surface area contributed by atoms with Gasteiger partial charge in [0, 0.05) is 20.9 Å².